The topological polar surface area (TPSA) is 57.0 Å². The van der Waals surface area contributed by atoms with Gasteiger partial charge in [-0.2, -0.15) is 0 Å². The second-order valence-electron chi connectivity index (χ2n) is 0. The Balaban J connectivity index is 0. The average Bonchev–Trinajstić information content (AvgIpc) is 0. The van der Waals surface area contributed by atoms with Crippen LogP contribution in [-0.4, -0.2) is 0 Å². The van der Waals surface area contributed by atoms with Gasteiger partial charge >= 0.3 is 0 Å². The van der Waals surface area contributed by atoms with Gasteiger partial charge in [0.15, 0.2) is 0 Å². The third-order valence-corrected chi connectivity index (χ3v) is 0. The van der Waals surface area contributed by atoms with Crippen LogP contribution in [0.5, 0.6) is 0 Å². The Hall–Kier alpha value is 0.933. The molecule has 0 rings (SSSR count). The normalized spacial score (nSPS) is 0. The van der Waals surface area contributed by atoms with Gasteiger partial charge in [-0.15, -0.1) is 0 Å². The van der Waals surface area contributed by atoms with E-state index in [1.54, 1.807) is 0 Å². The van der Waals surface area contributed by atoms with E-state index < -0.39 is 0 Å². The Morgan fingerprint density at radius 3 is 0.500 bits per heavy atom. The molecule has 2 nitrogen and oxygen atoms in total. The Kier molecular flexibility index (Phi) is 852. The average molecular weight is 150 g/mol. The van der Waals surface area contributed by atoms with E-state index in [1.165, 1.54) is 0 Å². The van der Waals surface area contributed by atoms with Gasteiger partial charge in [-0.1, -0.05) is 0 Å². The van der Waals surface area contributed by atoms with Crippen LogP contribution in [0.2, 0.25) is 0 Å². The maximum atomic E-state index is 0. The summed E-state index contributed by atoms with van der Waals surface area (Å²) in [6, 6.07) is 0. The van der Waals surface area contributed by atoms with Gasteiger partial charge in [0, 0.05) is 33.6 Å². The first-order chi connectivity index (χ1) is 0. The fraction of sp³-hybridized carbons (Fsp3) is 0. The van der Waals surface area contributed by atoms with Crippen molar-refractivity contribution in [3.8, 4) is 0 Å². The summed E-state index contributed by atoms with van der Waals surface area (Å²) in [6.45, 7) is 0. The second-order valence-corrected chi connectivity index (χ2v) is 0. The SMILES string of the molecule is [Co].[Co].[O-2].[O-2]. The molecule has 0 aromatic carbocycles. The standard InChI is InChI=1S/2Co.2O/q;;2*-2. The summed E-state index contributed by atoms with van der Waals surface area (Å²) in [5, 5.41) is 0. The largest absolute Gasteiger partial charge is 2.00 e. The molecule has 0 saturated carbocycles. The van der Waals surface area contributed by atoms with Crippen molar-refractivity contribution in [1.82, 2.24) is 0 Å². The van der Waals surface area contributed by atoms with E-state index in [0.29, 0.717) is 0 Å². The molecule has 0 heterocycles. The van der Waals surface area contributed by atoms with E-state index >= 15 is 0 Å². The second kappa shape index (κ2) is 38.9. The molecule has 34 valence electrons. The Labute approximate surface area is 45.0 Å². The molecule has 0 amide bonds. The Bertz CT molecular complexity index is 4.00. The summed E-state index contributed by atoms with van der Waals surface area (Å²) in [5.74, 6) is 0. The maximum Gasteiger partial charge on any atom is 0 e. The third kappa shape index (κ3) is 12.6. The molecule has 4 heteroatoms. The van der Waals surface area contributed by atoms with E-state index in [0.717, 1.165) is 0 Å². The molecule has 0 bridgehead atoms. The van der Waals surface area contributed by atoms with Crippen LogP contribution in [0.3, 0.4) is 0 Å². The van der Waals surface area contributed by atoms with Gasteiger partial charge in [-0.3, -0.25) is 0 Å². The van der Waals surface area contributed by atoms with Crippen LogP contribution in [0.4, 0.5) is 0 Å². The van der Waals surface area contributed by atoms with Gasteiger partial charge in [-0.05, 0) is 0 Å². The molecule has 0 aliphatic heterocycles. The van der Waals surface area contributed by atoms with Gasteiger partial charge in [0.25, 0.3) is 0 Å². The number of rotatable bonds is 0. The molecule has 0 atom stereocenters. The zero-order valence-electron chi connectivity index (χ0n) is 1.48. The summed E-state index contributed by atoms with van der Waals surface area (Å²) in [4.78, 5) is 0. The molecular formula is Co2O2-4. The van der Waals surface area contributed by atoms with Gasteiger partial charge in [0.2, 0.25) is 0 Å². The molecular weight excluding hydrogens is 150 g/mol. The fourth-order valence-corrected chi connectivity index (χ4v) is 0. The van der Waals surface area contributed by atoms with Crippen molar-refractivity contribution in [2.24, 2.45) is 0 Å². The maximum absolute atomic E-state index is 0. The van der Waals surface area contributed by atoms with Crippen LogP contribution in [0, 0.1) is 0 Å². The van der Waals surface area contributed by atoms with Crippen molar-refractivity contribution in [2.75, 3.05) is 0 Å². The molecule has 0 aromatic heterocycles. The van der Waals surface area contributed by atoms with Gasteiger partial charge < -0.3 is 11.0 Å². The van der Waals surface area contributed by atoms with Gasteiger partial charge in [-0.25, -0.2) is 0 Å². The van der Waals surface area contributed by atoms with Crippen LogP contribution in [-0.2, 0) is 44.5 Å². The van der Waals surface area contributed by atoms with E-state index in [-0.39, 0.29) is 44.5 Å². The predicted molar refractivity (Wildman–Crippen MR) is 1.37 cm³/mol. The van der Waals surface area contributed by atoms with E-state index in [2.05, 4.69) is 0 Å². The van der Waals surface area contributed by atoms with Crippen molar-refractivity contribution >= 4 is 0 Å². The number of hydrogen-bond acceptors (Lipinski definition) is 0. The summed E-state index contributed by atoms with van der Waals surface area (Å²) in [6.07, 6.45) is 0. The van der Waals surface area contributed by atoms with E-state index in [9.17, 15) is 0 Å². The van der Waals surface area contributed by atoms with Crippen LogP contribution in [0.25, 0.3) is 0 Å². The summed E-state index contributed by atoms with van der Waals surface area (Å²) < 4.78 is 0. The number of hydrogen-bond donors (Lipinski definition) is 0. The molecule has 0 N–H and O–H groups in total. The van der Waals surface area contributed by atoms with Gasteiger partial charge in [0.1, 0.15) is 0 Å². The van der Waals surface area contributed by atoms with Gasteiger partial charge in [0.05, 0.1) is 0 Å². The molecule has 2 radical (unpaired) electrons. The summed E-state index contributed by atoms with van der Waals surface area (Å²) >= 11 is 0. The van der Waals surface area contributed by atoms with Crippen LogP contribution < -0.4 is 0 Å². The minimum atomic E-state index is 0. The van der Waals surface area contributed by atoms with Crippen LogP contribution in [0.1, 0.15) is 0 Å². The van der Waals surface area contributed by atoms with Crippen molar-refractivity contribution in [3.05, 3.63) is 0 Å². The molecule has 0 saturated heterocycles. The third-order valence-electron chi connectivity index (χ3n) is 0. The van der Waals surface area contributed by atoms with Crippen molar-refractivity contribution in [3.63, 3.8) is 0 Å². The zero-order valence-corrected chi connectivity index (χ0v) is 3.57. The molecule has 0 aliphatic carbocycles. The van der Waals surface area contributed by atoms with Crippen molar-refractivity contribution < 1.29 is 44.5 Å². The van der Waals surface area contributed by atoms with E-state index in [1.807, 2.05) is 0 Å². The summed E-state index contributed by atoms with van der Waals surface area (Å²) in [7, 11) is 0. The van der Waals surface area contributed by atoms with Crippen LogP contribution in [0.15, 0.2) is 0 Å². The quantitative estimate of drug-likeness (QED) is 0.457. The molecule has 0 spiro atoms. The minimum absolute atomic E-state index is 0. The molecule has 0 aliphatic rings. The predicted octanol–water partition coefficient (Wildman–Crippen LogP) is -0.243. The fourth-order valence-electron chi connectivity index (χ4n) is 0. The monoisotopic (exact) mass is 150 g/mol. The first-order valence-electron chi connectivity index (χ1n) is 0. The zero-order chi connectivity index (χ0) is 0. The smallest absolute Gasteiger partial charge is 0 e. The van der Waals surface area contributed by atoms with Crippen LogP contribution >= 0.6 is 0 Å². The summed E-state index contributed by atoms with van der Waals surface area (Å²) in [5.41, 5.74) is 0. The first-order valence-corrected chi connectivity index (χ1v) is 0. The molecule has 0 fully saturated rings. The molecule has 0 unspecified atom stereocenters. The Morgan fingerprint density at radius 1 is 0.500 bits per heavy atom. The van der Waals surface area contributed by atoms with Crippen molar-refractivity contribution in [1.29, 1.82) is 0 Å². The molecule has 0 aromatic rings. The first kappa shape index (κ1) is 87.7. The van der Waals surface area contributed by atoms with Crippen molar-refractivity contribution in [2.45, 2.75) is 0 Å². The minimum Gasteiger partial charge on any atom is -2.00 e. The van der Waals surface area contributed by atoms with E-state index in [4.69, 9.17) is 0 Å². The Morgan fingerprint density at radius 2 is 0.500 bits per heavy atom. The molecule has 4 heavy (non-hydrogen) atoms.